The van der Waals surface area contributed by atoms with Crippen molar-refractivity contribution in [1.82, 2.24) is 9.59 Å². The highest BCUT2D eigenvalue weighted by atomic mass is 32.1. The number of carbonyl (C=O) groups is 1. The van der Waals surface area contributed by atoms with Crippen molar-refractivity contribution >= 4 is 23.1 Å². The highest BCUT2D eigenvalue weighted by Crippen LogP contribution is 2.22. The number of rotatable bonds is 3. The fraction of sp³-hybridized carbons (Fsp3) is 0.182. The summed E-state index contributed by atoms with van der Waals surface area (Å²) in [6.07, 6.45) is 1.44. The SMILES string of the molecule is CCN(C(=O)c1cnns1)c1cccc(O)c1. The number of amides is 1. The molecule has 1 aromatic heterocycles. The molecule has 17 heavy (non-hydrogen) atoms. The maximum absolute atomic E-state index is 12.1. The Bertz CT molecular complexity index is 513. The number of benzene rings is 1. The van der Waals surface area contributed by atoms with Gasteiger partial charge in [-0.3, -0.25) is 4.79 Å². The molecule has 0 aliphatic carbocycles. The van der Waals surface area contributed by atoms with Gasteiger partial charge >= 0.3 is 0 Å². The summed E-state index contributed by atoms with van der Waals surface area (Å²) in [7, 11) is 0. The lowest BCUT2D eigenvalue weighted by Gasteiger charge is -2.19. The molecule has 1 N–H and O–H groups in total. The van der Waals surface area contributed by atoms with Crippen LogP contribution in [0.5, 0.6) is 5.75 Å². The van der Waals surface area contributed by atoms with E-state index >= 15 is 0 Å². The molecule has 0 atom stereocenters. The molecule has 88 valence electrons. The van der Waals surface area contributed by atoms with Crippen molar-refractivity contribution < 1.29 is 9.90 Å². The number of anilines is 1. The zero-order valence-electron chi connectivity index (χ0n) is 9.20. The number of carbonyl (C=O) groups excluding carboxylic acids is 1. The first-order valence-electron chi connectivity index (χ1n) is 5.10. The first kappa shape index (κ1) is 11.5. The number of phenols is 1. The molecule has 6 heteroatoms. The van der Waals surface area contributed by atoms with Gasteiger partial charge in [0.05, 0.1) is 6.20 Å². The minimum absolute atomic E-state index is 0.135. The van der Waals surface area contributed by atoms with E-state index < -0.39 is 0 Å². The molecule has 0 unspecified atom stereocenters. The average Bonchev–Trinajstić information content (AvgIpc) is 2.83. The summed E-state index contributed by atoms with van der Waals surface area (Å²) in [5, 5.41) is 13.1. The predicted octanol–water partition coefficient (Wildman–Crippen LogP) is 1.91. The summed E-state index contributed by atoms with van der Waals surface area (Å²) < 4.78 is 3.67. The maximum Gasteiger partial charge on any atom is 0.271 e. The van der Waals surface area contributed by atoms with Gasteiger partial charge in [0.1, 0.15) is 10.6 Å². The molecule has 0 saturated carbocycles. The normalized spacial score (nSPS) is 10.2. The van der Waals surface area contributed by atoms with Crippen molar-refractivity contribution in [2.24, 2.45) is 0 Å². The van der Waals surface area contributed by atoms with Crippen molar-refractivity contribution in [1.29, 1.82) is 0 Å². The number of aromatic nitrogens is 2. The van der Waals surface area contributed by atoms with E-state index in [2.05, 4.69) is 9.59 Å². The van der Waals surface area contributed by atoms with Gasteiger partial charge in [-0.25, -0.2) is 0 Å². The third kappa shape index (κ3) is 2.42. The molecular weight excluding hydrogens is 238 g/mol. The van der Waals surface area contributed by atoms with Gasteiger partial charge in [0.2, 0.25) is 0 Å². The van der Waals surface area contributed by atoms with Crippen molar-refractivity contribution in [2.75, 3.05) is 11.4 Å². The van der Waals surface area contributed by atoms with Crippen LogP contribution < -0.4 is 4.90 Å². The predicted molar refractivity (Wildman–Crippen MR) is 65.4 cm³/mol. The molecule has 0 aliphatic heterocycles. The molecular formula is C11H11N3O2S. The van der Waals surface area contributed by atoms with Crippen LogP contribution >= 0.6 is 11.5 Å². The number of hydrogen-bond donors (Lipinski definition) is 1. The first-order valence-corrected chi connectivity index (χ1v) is 5.88. The van der Waals surface area contributed by atoms with Crippen LogP contribution in [-0.4, -0.2) is 27.1 Å². The van der Waals surface area contributed by atoms with Gasteiger partial charge in [-0.1, -0.05) is 10.6 Å². The van der Waals surface area contributed by atoms with Gasteiger partial charge in [0.25, 0.3) is 5.91 Å². The Labute approximate surface area is 102 Å². The van der Waals surface area contributed by atoms with Crippen LogP contribution in [0.25, 0.3) is 0 Å². The molecule has 0 radical (unpaired) electrons. The molecule has 5 nitrogen and oxygen atoms in total. The van der Waals surface area contributed by atoms with Gasteiger partial charge in [-0.15, -0.1) is 5.10 Å². The van der Waals surface area contributed by atoms with E-state index in [1.807, 2.05) is 6.92 Å². The number of phenolic OH excluding ortho intramolecular Hbond substituents is 1. The molecule has 0 fully saturated rings. The summed E-state index contributed by atoms with van der Waals surface area (Å²) in [5.74, 6) is -0.0238. The van der Waals surface area contributed by atoms with Gasteiger partial charge < -0.3 is 10.0 Å². The zero-order valence-corrected chi connectivity index (χ0v) is 10.0. The van der Waals surface area contributed by atoms with Gasteiger partial charge in [0.15, 0.2) is 0 Å². The molecule has 1 amide bonds. The van der Waals surface area contributed by atoms with Gasteiger partial charge in [0, 0.05) is 18.3 Å². The quantitative estimate of drug-likeness (QED) is 0.902. The van der Waals surface area contributed by atoms with Crippen molar-refractivity contribution in [3.63, 3.8) is 0 Å². The molecule has 1 heterocycles. The van der Waals surface area contributed by atoms with E-state index in [0.717, 1.165) is 11.5 Å². The topological polar surface area (TPSA) is 66.3 Å². The van der Waals surface area contributed by atoms with Crippen LogP contribution in [-0.2, 0) is 0 Å². The standard InChI is InChI=1S/C11H11N3O2S/c1-2-14(8-4-3-5-9(15)6-8)11(16)10-7-12-13-17-10/h3-7,15H,2H2,1H3. The summed E-state index contributed by atoms with van der Waals surface area (Å²) in [4.78, 5) is 14.2. The van der Waals surface area contributed by atoms with E-state index in [1.54, 1.807) is 29.2 Å². The van der Waals surface area contributed by atoms with E-state index in [-0.39, 0.29) is 11.7 Å². The summed E-state index contributed by atoms with van der Waals surface area (Å²) in [5.41, 5.74) is 0.658. The van der Waals surface area contributed by atoms with Crippen molar-refractivity contribution in [2.45, 2.75) is 6.92 Å². The Hall–Kier alpha value is -1.95. The fourth-order valence-corrected chi connectivity index (χ4v) is 1.96. The van der Waals surface area contributed by atoms with Crippen LogP contribution in [0.15, 0.2) is 30.5 Å². The summed E-state index contributed by atoms with van der Waals surface area (Å²) >= 11 is 1.06. The fourth-order valence-electron chi connectivity index (χ4n) is 1.50. The molecule has 0 aliphatic rings. The number of aromatic hydroxyl groups is 1. The first-order chi connectivity index (χ1) is 8.22. The minimum Gasteiger partial charge on any atom is -0.508 e. The van der Waals surface area contributed by atoms with E-state index in [4.69, 9.17) is 0 Å². The lowest BCUT2D eigenvalue weighted by atomic mass is 10.2. The molecule has 0 bridgehead atoms. The summed E-state index contributed by atoms with van der Waals surface area (Å²) in [6, 6.07) is 6.59. The molecule has 2 aromatic rings. The second-order valence-corrected chi connectivity index (χ2v) is 4.14. The summed E-state index contributed by atoms with van der Waals surface area (Å²) in [6.45, 7) is 2.39. The molecule has 0 saturated heterocycles. The molecule has 2 rings (SSSR count). The third-order valence-corrected chi connectivity index (χ3v) is 2.93. The average molecular weight is 249 g/mol. The van der Waals surface area contributed by atoms with Crippen molar-refractivity contribution in [3.05, 3.63) is 35.3 Å². The molecule has 1 aromatic carbocycles. The Balaban J connectivity index is 2.31. The van der Waals surface area contributed by atoms with Crippen LogP contribution in [0.4, 0.5) is 5.69 Å². The minimum atomic E-state index is -0.159. The van der Waals surface area contributed by atoms with Crippen LogP contribution in [0.3, 0.4) is 0 Å². The Kier molecular flexibility index (Phi) is 3.34. The van der Waals surface area contributed by atoms with E-state index in [9.17, 15) is 9.90 Å². The largest absolute Gasteiger partial charge is 0.508 e. The highest BCUT2D eigenvalue weighted by molar-refractivity contribution is 7.07. The highest BCUT2D eigenvalue weighted by Gasteiger charge is 2.18. The lowest BCUT2D eigenvalue weighted by molar-refractivity contribution is 0.0992. The van der Waals surface area contributed by atoms with Crippen LogP contribution in [0, 0.1) is 0 Å². The third-order valence-electron chi connectivity index (χ3n) is 2.27. The number of hydrogen-bond acceptors (Lipinski definition) is 5. The Morgan fingerprint density at radius 3 is 2.94 bits per heavy atom. The van der Waals surface area contributed by atoms with E-state index in [0.29, 0.717) is 17.1 Å². The number of nitrogens with zero attached hydrogens (tertiary/aromatic N) is 3. The van der Waals surface area contributed by atoms with Gasteiger partial charge in [-0.2, -0.15) is 0 Å². The van der Waals surface area contributed by atoms with E-state index in [1.165, 1.54) is 6.20 Å². The maximum atomic E-state index is 12.1. The lowest BCUT2D eigenvalue weighted by Crippen LogP contribution is -2.29. The van der Waals surface area contributed by atoms with Gasteiger partial charge in [-0.05, 0) is 30.6 Å². The van der Waals surface area contributed by atoms with Crippen molar-refractivity contribution in [3.8, 4) is 5.75 Å². The van der Waals surface area contributed by atoms with Crippen LogP contribution in [0.1, 0.15) is 16.6 Å². The smallest absolute Gasteiger partial charge is 0.271 e. The second kappa shape index (κ2) is 4.92. The monoisotopic (exact) mass is 249 g/mol. The second-order valence-electron chi connectivity index (χ2n) is 3.35. The Morgan fingerprint density at radius 1 is 1.53 bits per heavy atom. The van der Waals surface area contributed by atoms with Crippen LogP contribution in [0.2, 0.25) is 0 Å². The molecule has 0 spiro atoms. The Morgan fingerprint density at radius 2 is 2.35 bits per heavy atom. The zero-order chi connectivity index (χ0) is 12.3.